The highest BCUT2D eigenvalue weighted by atomic mass is 16.4. The lowest BCUT2D eigenvalue weighted by Crippen LogP contribution is -2.11. The molecule has 2 nitrogen and oxygen atoms in total. The molecule has 1 rings (SSSR count). The summed E-state index contributed by atoms with van der Waals surface area (Å²) >= 11 is 0. The minimum Gasteiger partial charge on any atom is -0.478 e. The predicted molar refractivity (Wildman–Crippen MR) is 135 cm³/mol. The van der Waals surface area contributed by atoms with Crippen molar-refractivity contribution in [1.82, 2.24) is 0 Å². The first-order valence-corrected chi connectivity index (χ1v) is 13.3. The van der Waals surface area contributed by atoms with Gasteiger partial charge in [-0.15, -0.1) is 0 Å². The van der Waals surface area contributed by atoms with Crippen molar-refractivity contribution in [3.63, 3.8) is 0 Å². The number of benzene rings is 1. The van der Waals surface area contributed by atoms with Crippen LogP contribution in [0.3, 0.4) is 0 Å². The van der Waals surface area contributed by atoms with Crippen LogP contribution >= 0.6 is 0 Å². The van der Waals surface area contributed by atoms with E-state index in [1.54, 1.807) is 6.07 Å². The van der Waals surface area contributed by atoms with Crippen LogP contribution in [0.15, 0.2) is 12.1 Å². The van der Waals surface area contributed by atoms with Gasteiger partial charge in [-0.25, -0.2) is 4.79 Å². The van der Waals surface area contributed by atoms with Crippen LogP contribution in [0, 0.1) is 19.8 Å². The zero-order valence-electron chi connectivity index (χ0n) is 21.1. The van der Waals surface area contributed by atoms with Crippen LogP contribution in [0.25, 0.3) is 0 Å². The van der Waals surface area contributed by atoms with Gasteiger partial charge in [-0.1, -0.05) is 123 Å². The molecule has 0 spiro atoms. The molecular formula is C29H50O2. The zero-order valence-corrected chi connectivity index (χ0v) is 21.1. The minimum atomic E-state index is -0.797. The van der Waals surface area contributed by atoms with E-state index in [1.165, 1.54) is 114 Å². The summed E-state index contributed by atoms with van der Waals surface area (Å²) in [5, 5.41) is 9.54. The largest absolute Gasteiger partial charge is 0.478 e. The van der Waals surface area contributed by atoms with Crippen LogP contribution in [0.1, 0.15) is 144 Å². The van der Waals surface area contributed by atoms with E-state index in [9.17, 15) is 9.90 Å². The number of carboxylic acid groups (broad SMARTS) is 1. The van der Waals surface area contributed by atoms with Crippen molar-refractivity contribution < 1.29 is 9.90 Å². The molecule has 178 valence electrons. The minimum absolute atomic E-state index is 0.478. The van der Waals surface area contributed by atoms with Gasteiger partial charge in [0, 0.05) is 0 Å². The van der Waals surface area contributed by atoms with E-state index < -0.39 is 5.97 Å². The van der Waals surface area contributed by atoms with E-state index in [1.807, 2.05) is 13.0 Å². The lowest BCUT2D eigenvalue weighted by Gasteiger charge is -2.21. The molecule has 0 amide bonds. The zero-order chi connectivity index (χ0) is 22.9. The third kappa shape index (κ3) is 11.8. The molecule has 0 aromatic heterocycles. The summed E-state index contributed by atoms with van der Waals surface area (Å²) < 4.78 is 0. The van der Waals surface area contributed by atoms with E-state index in [4.69, 9.17) is 0 Å². The number of carbonyl (C=O) groups is 1. The van der Waals surface area contributed by atoms with Gasteiger partial charge in [0.2, 0.25) is 0 Å². The molecule has 2 heteroatoms. The molecular weight excluding hydrogens is 380 g/mol. The first-order valence-electron chi connectivity index (χ1n) is 13.3. The van der Waals surface area contributed by atoms with E-state index in [-0.39, 0.29) is 0 Å². The maximum atomic E-state index is 11.6. The van der Waals surface area contributed by atoms with Crippen molar-refractivity contribution in [2.75, 3.05) is 0 Å². The standard InChI is InChI=1S/C29H50O2/c1-5-7-9-11-13-14-16-18-20-26(19-17-15-12-10-8-6-2)23-28-24(3)21-22-27(25(28)4)29(30)31/h21-22,26H,5-20,23H2,1-4H3,(H,30,31). The second kappa shape index (κ2) is 17.3. The Morgan fingerprint density at radius 2 is 1.19 bits per heavy atom. The Bertz CT molecular complexity index is 605. The number of carboxylic acids is 1. The Kier molecular flexibility index (Phi) is 15.4. The van der Waals surface area contributed by atoms with Crippen molar-refractivity contribution in [1.29, 1.82) is 0 Å². The fourth-order valence-electron chi connectivity index (χ4n) is 4.86. The van der Waals surface area contributed by atoms with Gasteiger partial charge in [0.15, 0.2) is 0 Å². The molecule has 1 unspecified atom stereocenters. The van der Waals surface area contributed by atoms with Crippen LogP contribution in [-0.4, -0.2) is 11.1 Å². The van der Waals surface area contributed by atoms with E-state index >= 15 is 0 Å². The second-order valence-corrected chi connectivity index (χ2v) is 9.73. The van der Waals surface area contributed by atoms with Gasteiger partial charge in [0.1, 0.15) is 0 Å². The Labute approximate surface area is 193 Å². The molecule has 1 atom stereocenters. The first-order chi connectivity index (χ1) is 15.0. The Balaban J connectivity index is 2.60. The third-order valence-corrected chi connectivity index (χ3v) is 6.99. The second-order valence-electron chi connectivity index (χ2n) is 9.73. The lowest BCUT2D eigenvalue weighted by molar-refractivity contribution is 0.0696. The highest BCUT2D eigenvalue weighted by Gasteiger charge is 2.17. The number of aryl methyl sites for hydroxylation is 1. The van der Waals surface area contributed by atoms with Gasteiger partial charge in [0.25, 0.3) is 0 Å². The summed E-state index contributed by atoms with van der Waals surface area (Å²) in [6.45, 7) is 8.70. The predicted octanol–water partition coefficient (Wildman–Crippen LogP) is 9.44. The van der Waals surface area contributed by atoms with Gasteiger partial charge in [-0.3, -0.25) is 0 Å². The number of aromatic carboxylic acids is 1. The maximum Gasteiger partial charge on any atom is 0.335 e. The van der Waals surface area contributed by atoms with Gasteiger partial charge < -0.3 is 5.11 Å². The summed E-state index contributed by atoms with van der Waals surface area (Å²) in [5.74, 6) is -0.109. The van der Waals surface area contributed by atoms with E-state index in [0.29, 0.717) is 11.5 Å². The molecule has 31 heavy (non-hydrogen) atoms. The molecule has 1 aromatic carbocycles. The molecule has 0 fully saturated rings. The number of rotatable bonds is 19. The highest BCUT2D eigenvalue weighted by Crippen LogP contribution is 2.28. The average Bonchev–Trinajstić information content (AvgIpc) is 2.74. The van der Waals surface area contributed by atoms with Gasteiger partial charge in [0.05, 0.1) is 5.56 Å². The van der Waals surface area contributed by atoms with Gasteiger partial charge in [-0.2, -0.15) is 0 Å². The van der Waals surface area contributed by atoms with Crippen LogP contribution in [0.5, 0.6) is 0 Å². The quantitative estimate of drug-likeness (QED) is 0.222. The molecule has 1 aromatic rings. The summed E-state index contributed by atoms with van der Waals surface area (Å²) in [4.78, 5) is 11.6. The number of hydrogen-bond donors (Lipinski definition) is 1. The fraction of sp³-hybridized carbons (Fsp3) is 0.759. The molecule has 0 aliphatic rings. The fourth-order valence-corrected chi connectivity index (χ4v) is 4.86. The molecule has 0 saturated heterocycles. The van der Waals surface area contributed by atoms with Crippen molar-refractivity contribution in [3.05, 3.63) is 34.4 Å². The summed E-state index contributed by atoms with van der Waals surface area (Å²) in [5.41, 5.74) is 4.00. The Hall–Kier alpha value is -1.31. The molecule has 1 N–H and O–H groups in total. The smallest absolute Gasteiger partial charge is 0.335 e. The maximum absolute atomic E-state index is 11.6. The van der Waals surface area contributed by atoms with Crippen molar-refractivity contribution in [3.8, 4) is 0 Å². The van der Waals surface area contributed by atoms with Crippen molar-refractivity contribution in [2.24, 2.45) is 5.92 Å². The number of unbranched alkanes of at least 4 members (excludes halogenated alkanes) is 12. The van der Waals surface area contributed by atoms with Crippen LogP contribution in [0.4, 0.5) is 0 Å². The third-order valence-electron chi connectivity index (χ3n) is 6.99. The van der Waals surface area contributed by atoms with Crippen LogP contribution < -0.4 is 0 Å². The first kappa shape index (κ1) is 27.7. The Morgan fingerprint density at radius 3 is 1.65 bits per heavy atom. The molecule has 0 heterocycles. The Morgan fingerprint density at radius 1 is 0.742 bits per heavy atom. The highest BCUT2D eigenvalue weighted by molar-refractivity contribution is 5.89. The van der Waals surface area contributed by atoms with Crippen LogP contribution in [0.2, 0.25) is 0 Å². The van der Waals surface area contributed by atoms with Gasteiger partial charge in [-0.05, 0) is 48.9 Å². The number of hydrogen-bond acceptors (Lipinski definition) is 1. The van der Waals surface area contributed by atoms with E-state index in [0.717, 1.165) is 12.0 Å². The topological polar surface area (TPSA) is 37.3 Å². The van der Waals surface area contributed by atoms with Crippen molar-refractivity contribution in [2.45, 2.75) is 137 Å². The van der Waals surface area contributed by atoms with Gasteiger partial charge >= 0.3 is 5.97 Å². The normalized spacial score (nSPS) is 12.3. The molecule has 0 aliphatic carbocycles. The van der Waals surface area contributed by atoms with Crippen molar-refractivity contribution >= 4 is 5.97 Å². The molecule has 0 bridgehead atoms. The molecule has 0 saturated carbocycles. The molecule has 0 radical (unpaired) electrons. The monoisotopic (exact) mass is 430 g/mol. The lowest BCUT2D eigenvalue weighted by atomic mass is 9.84. The average molecular weight is 431 g/mol. The summed E-state index contributed by atoms with van der Waals surface area (Å²) in [6.07, 6.45) is 22.6. The van der Waals surface area contributed by atoms with Crippen LogP contribution in [-0.2, 0) is 6.42 Å². The SMILES string of the molecule is CCCCCCCCCCC(CCCCCCCC)Cc1c(C)ccc(C(=O)O)c1C. The molecule has 0 aliphatic heterocycles. The summed E-state index contributed by atoms with van der Waals surface area (Å²) in [6, 6.07) is 3.78. The van der Waals surface area contributed by atoms with E-state index in [2.05, 4.69) is 20.8 Å². The summed E-state index contributed by atoms with van der Waals surface area (Å²) in [7, 11) is 0.